The van der Waals surface area contributed by atoms with Gasteiger partial charge >= 0.3 is 6.03 Å². The molecule has 1 saturated heterocycles. The summed E-state index contributed by atoms with van der Waals surface area (Å²) in [7, 11) is 0. The molecule has 4 aromatic rings. The van der Waals surface area contributed by atoms with Crippen molar-refractivity contribution in [2.75, 3.05) is 11.4 Å². The summed E-state index contributed by atoms with van der Waals surface area (Å²) < 4.78 is 1.70. The second-order valence-corrected chi connectivity index (χ2v) is 5.94. The Morgan fingerprint density at radius 3 is 3.04 bits per heavy atom. The number of benzene rings is 2. The number of para-hydroxylation sites is 1. The first kappa shape index (κ1) is 14.6. The first-order chi connectivity index (χ1) is 12.8. The van der Waals surface area contributed by atoms with Crippen molar-refractivity contribution in [1.29, 1.82) is 0 Å². The summed E-state index contributed by atoms with van der Waals surface area (Å²) in [5.74, 6) is 0.594. The molecule has 0 bridgehead atoms. The number of fused-ring (bicyclic) bond motifs is 2. The summed E-state index contributed by atoms with van der Waals surface area (Å²) in [5, 5.41) is 11.0. The molecule has 2 aromatic carbocycles. The predicted octanol–water partition coefficient (Wildman–Crippen LogP) is 1.89. The van der Waals surface area contributed by atoms with Gasteiger partial charge in [-0.25, -0.2) is 19.5 Å². The summed E-state index contributed by atoms with van der Waals surface area (Å²) in [6, 6.07) is 13.1. The number of aromatic nitrogens is 5. The standard InChI is InChI=1S/C17H14N8O/c26-17-21-16(20-10-25-15-4-2-1-3-13(15)22-23-25)8-24(17)11-5-6-12-14(7-11)19-9-18-12/h1-7,9H,8,10H2,(H,18,19)(H,20,21,26). The van der Waals surface area contributed by atoms with Crippen LogP contribution in [0.5, 0.6) is 0 Å². The van der Waals surface area contributed by atoms with Gasteiger partial charge in [0.15, 0.2) is 0 Å². The smallest absolute Gasteiger partial charge is 0.327 e. The molecule has 2 aromatic heterocycles. The van der Waals surface area contributed by atoms with Gasteiger partial charge in [-0.05, 0) is 30.3 Å². The van der Waals surface area contributed by atoms with Crippen molar-refractivity contribution in [2.45, 2.75) is 6.67 Å². The SMILES string of the molecule is O=C1N/C(=N\Cn2nnc3ccccc32)CN1c1ccc2[nH]cnc2c1. The lowest BCUT2D eigenvalue weighted by molar-refractivity contribution is 0.253. The first-order valence-corrected chi connectivity index (χ1v) is 8.11. The maximum Gasteiger partial charge on any atom is 0.327 e. The van der Waals surface area contributed by atoms with Crippen molar-refractivity contribution in [3.63, 3.8) is 0 Å². The van der Waals surface area contributed by atoms with Crippen LogP contribution in [0.15, 0.2) is 53.8 Å². The number of hydrogen-bond acceptors (Lipinski definition) is 5. The van der Waals surface area contributed by atoms with Crippen LogP contribution in [0.4, 0.5) is 10.5 Å². The van der Waals surface area contributed by atoms with Gasteiger partial charge in [-0.15, -0.1) is 5.10 Å². The second kappa shape index (κ2) is 5.66. The van der Waals surface area contributed by atoms with Gasteiger partial charge in [0.25, 0.3) is 0 Å². The van der Waals surface area contributed by atoms with Crippen LogP contribution in [0.1, 0.15) is 0 Å². The third-order valence-corrected chi connectivity index (χ3v) is 4.34. The minimum Gasteiger partial charge on any atom is -0.345 e. The van der Waals surface area contributed by atoms with Crippen molar-refractivity contribution in [3.05, 3.63) is 48.8 Å². The average Bonchev–Trinajstić information content (AvgIpc) is 3.37. The molecular formula is C17H14N8O. The molecule has 128 valence electrons. The van der Waals surface area contributed by atoms with E-state index >= 15 is 0 Å². The third-order valence-electron chi connectivity index (χ3n) is 4.34. The van der Waals surface area contributed by atoms with Gasteiger partial charge in [-0.3, -0.25) is 10.2 Å². The zero-order valence-electron chi connectivity index (χ0n) is 13.6. The minimum absolute atomic E-state index is 0.206. The van der Waals surface area contributed by atoms with Crippen molar-refractivity contribution in [2.24, 2.45) is 4.99 Å². The van der Waals surface area contributed by atoms with Crippen LogP contribution in [0, 0.1) is 0 Å². The van der Waals surface area contributed by atoms with E-state index in [1.54, 1.807) is 15.9 Å². The van der Waals surface area contributed by atoms with E-state index in [0.29, 0.717) is 19.0 Å². The number of aromatic amines is 1. The molecule has 0 radical (unpaired) electrons. The van der Waals surface area contributed by atoms with E-state index in [9.17, 15) is 4.79 Å². The van der Waals surface area contributed by atoms with E-state index < -0.39 is 0 Å². The largest absolute Gasteiger partial charge is 0.345 e. The molecule has 1 aliphatic heterocycles. The number of carbonyl (C=O) groups is 1. The molecule has 9 nitrogen and oxygen atoms in total. The van der Waals surface area contributed by atoms with Crippen LogP contribution in [-0.2, 0) is 6.67 Å². The Labute approximate surface area is 147 Å². The fourth-order valence-electron chi connectivity index (χ4n) is 3.01. The van der Waals surface area contributed by atoms with Crippen LogP contribution < -0.4 is 10.2 Å². The average molecular weight is 346 g/mol. The number of urea groups is 1. The van der Waals surface area contributed by atoms with E-state index in [0.717, 1.165) is 27.8 Å². The highest BCUT2D eigenvalue weighted by Gasteiger charge is 2.26. The summed E-state index contributed by atoms with van der Waals surface area (Å²) >= 11 is 0. The Kier molecular flexibility index (Phi) is 3.17. The van der Waals surface area contributed by atoms with E-state index in [4.69, 9.17) is 0 Å². The van der Waals surface area contributed by atoms with Gasteiger partial charge in [0.05, 0.1) is 29.4 Å². The Balaban J connectivity index is 1.38. The second-order valence-electron chi connectivity index (χ2n) is 5.94. The Morgan fingerprint density at radius 2 is 2.08 bits per heavy atom. The van der Waals surface area contributed by atoms with Crippen molar-refractivity contribution >= 4 is 39.6 Å². The van der Waals surface area contributed by atoms with E-state index in [1.807, 2.05) is 42.5 Å². The molecular weight excluding hydrogens is 332 g/mol. The normalized spacial score (nSPS) is 16.1. The van der Waals surface area contributed by atoms with Crippen LogP contribution in [-0.4, -0.2) is 43.4 Å². The summed E-state index contributed by atoms with van der Waals surface area (Å²) in [5.41, 5.74) is 4.24. The predicted molar refractivity (Wildman–Crippen MR) is 96.9 cm³/mol. The molecule has 1 aliphatic rings. The third kappa shape index (κ3) is 2.37. The highest BCUT2D eigenvalue weighted by atomic mass is 16.2. The van der Waals surface area contributed by atoms with Crippen LogP contribution in [0.25, 0.3) is 22.1 Å². The summed E-state index contributed by atoms with van der Waals surface area (Å²) in [6.45, 7) is 0.670. The Morgan fingerprint density at radius 1 is 1.15 bits per heavy atom. The maximum absolute atomic E-state index is 12.3. The first-order valence-electron chi connectivity index (χ1n) is 8.11. The number of rotatable bonds is 3. The molecule has 9 heteroatoms. The highest BCUT2D eigenvalue weighted by Crippen LogP contribution is 2.21. The molecule has 0 aliphatic carbocycles. The molecule has 26 heavy (non-hydrogen) atoms. The molecule has 0 unspecified atom stereocenters. The Hall–Kier alpha value is -3.75. The van der Waals surface area contributed by atoms with Gasteiger partial charge in [0.2, 0.25) is 0 Å². The quantitative estimate of drug-likeness (QED) is 0.591. The zero-order chi connectivity index (χ0) is 17.5. The van der Waals surface area contributed by atoms with Gasteiger partial charge < -0.3 is 4.98 Å². The molecule has 0 saturated carbocycles. The van der Waals surface area contributed by atoms with E-state index in [-0.39, 0.29) is 6.03 Å². The lowest BCUT2D eigenvalue weighted by atomic mass is 10.2. The van der Waals surface area contributed by atoms with Gasteiger partial charge in [0, 0.05) is 5.69 Å². The number of hydrogen-bond donors (Lipinski definition) is 2. The van der Waals surface area contributed by atoms with Gasteiger partial charge in [-0.2, -0.15) is 0 Å². The number of nitrogens with one attached hydrogen (secondary N) is 2. The topological polar surface area (TPSA) is 104 Å². The fraction of sp³-hybridized carbons (Fsp3) is 0.118. The highest BCUT2D eigenvalue weighted by molar-refractivity contribution is 6.14. The lowest BCUT2D eigenvalue weighted by Gasteiger charge is -2.13. The molecule has 0 spiro atoms. The van der Waals surface area contributed by atoms with Crippen molar-refractivity contribution < 1.29 is 4.79 Å². The number of aliphatic imine (C=N–C) groups is 1. The number of anilines is 1. The van der Waals surface area contributed by atoms with E-state index in [1.165, 1.54) is 0 Å². The van der Waals surface area contributed by atoms with Crippen molar-refractivity contribution in [3.8, 4) is 0 Å². The number of nitrogens with zero attached hydrogens (tertiary/aromatic N) is 6. The monoisotopic (exact) mass is 346 g/mol. The number of amides is 2. The molecule has 2 amide bonds. The lowest BCUT2D eigenvalue weighted by Crippen LogP contribution is -2.27. The number of imidazole rings is 1. The maximum atomic E-state index is 12.3. The number of amidine groups is 1. The summed E-state index contributed by atoms with van der Waals surface area (Å²) in [6.07, 6.45) is 1.63. The van der Waals surface area contributed by atoms with Crippen LogP contribution in [0.2, 0.25) is 0 Å². The summed E-state index contributed by atoms with van der Waals surface area (Å²) in [4.78, 5) is 25.7. The van der Waals surface area contributed by atoms with Gasteiger partial charge in [-0.1, -0.05) is 17.3 Å². The molecule has 5 rings (SSSR count). The van der Waals surface area contributed by atoms with Crippen LogP contribution in [0.3, 0.4) is 0 Å². The van der Waals surface area contributed by atoms with Crippen molar-refractivity contribution in [1.82, 2.24) is 30.3 Å². The molecule has 2 N–H and O–H groups in total. The van der Waals surface area contributed by atoms with E-state index in [2.05, 4.69) is 30.6 Å². The number of H-pyrrole nitrogens is 1. The zero-order valence-corrected chi connectivity index (χ0v) is 13.6. The number of carbonyl (C=O) groups excluding carboxylic acids is 1. The molecule has 0 atom stereocenters. The molecule has 3 heterocycles. The minimum atomic E-state index is -0.206. The van der Waals surface area contributed by atoms with Gasteiger partial charge in [0.1, 0.15) is 18.0 Å². The molecule has 1 fully saturated rings. The Bertz CT molecular complexity index is 1160. The fourth-order valence-corrected chi connectivity index (χ4v) is 3.01. The van der Waals surface area contributed by atoms with Crippen LogP contribution >= 0.6 is 0 Å².